The molecule has 104 valence electrons. The minimum atomic E-state index is -3.51. The number of nitrogens with zero attached hydrogens (tertiary/aromatic N) is 2. The summed E-state index contributed by atoms with van der Waals surface area (Å²) in [5.74, 6) is 0.459. The van der Waals surface area contributed by atoms with Crippen LogP contribution < -0.4 is 10.5 Å². The molecule has 0 fully saturated rings. The van der Waals surface area contributed by atoms with Gasteiger partial charge in [0.05, 0.1) is 11.1 Å². The summed E-state index contributed by atoms with van der Waals surface area (Å²) in [7, 11) is -1.80. The van der Waals surface area contributed by atoms with E-state index in [9.17, 15) is 8.42 Å². The molecule has 8 heteroatoms. The van der Waals surface area contributed by atoms with Crippen LogP contribution >= 0.6 is 11.3 Å². The van der Waals surface area contributed by atoms with Crippen LogP contribution in [0.3, 0.4) is 0 Å². The van der Waals surface area contributed by atoms with E-state index in [1.165, 1.54) is 16.0 Å². The monoisotopic (exact) mass is 300 g/mol. The Kier molecular flexibility index (Phi) is 3.66. The lowest BCUT2D eigenvalue weighted by molar-refractivity contribution is 0.581. The molecule has 6 nitrogen and oxygen atoms in total. The first-order valence-electron chi connectivity index (χ1n) is 5.64. The zero-order valence-electron chi connectivity index (χ0n) is 11.0. The fraction of sp³-hybridized carbons (Fsp3) is 0.364. The van der Waals surface area contributed by atoms with Crippen molar-refractivity contribution in [2.75, 3.05) is 5.73 Å². The number of hydrogen-bond acceptors (Lipinski definition) is 5. The Hall–Kier alpha value is -1.38. The molecule has 0 amide bonds. The lowest BCUT2D eigenvalue weighted by atomic mass is 10.3. The maximum atomic E-state index is 12.2. The number of rotatable bonds is 4. The highest BCUT2D eigenvalue weighted by Gasteiger charge is 2.19. The predicted molar refractivity (Wildman–Crippen MR) is 75.4 cm³/mol. The van der Waals surface area contributed by atoms with Crippen LogP contribution in [-0.4, -0.2) is 18.2 Å². The second kappa shape index (κ2) is 4.95. The average Bonchev–Trinajstić information content (AvgIpc) is 2.82. The molecule has 0 saturated heterocycles. The zero-order chi connectivity index (χ0) is 14.2. The van der Waals surface area contributed by atoms with Gasteiger partial charge in [0.25, 0.3) is 0 Å². The van der Waals surface area contributed by atoms with Crippen molar-refractivity contribution in [3.8, 4) is 0 Å². The maximum absolute atomic E-state index is 12.2. The smallest absolute Gasteiger partial charge is 0.241 e. The molecule has 0 saturated carbocycles. The van der Waals surface area contributed by atoms with E-state index in [1.54, 1.807) is 26.2 Å². The Morgan fingerprint density at radius 1 is 1.47 bits per heavy atom. The van der Waals surface area contributed by atoms with Gasteiger partial charge in [0.15, 0.2) is 0 Å². The molecule has 2 aromatic rings. The quantitative estimate of drug-likeness (QED) is 0.886. The van der Waals surface area contributed by atoms with Crippen LogP contribution in [0.5, 0.6) is 0 Å². The summed E-state index contributed by atoms with van der Waals surface area (Å²) in [5.41, 5.74) is 6.44. The molecule has 3 N–H and O–H groups in total. The first kappa shape index (κ1) is 14.0. The van der Waals surface area contributed by atoms with Crippen LogP contribution in [-0.2, 0) is 23.6 Å². The number of nitrogens with two attached hydrogens (primary N) is 1. The molecule has 0 aliphatic carbocycles. The van der Waals surface area contributed by atoms with Crippen molar-refractivity contribution in [3.63, 3.8) is 0 Å². The Morgan fingerprint density at radius 3 is 2.63 bits per heavy atom. The van der Waals surface area contributed by atoms with Crippen molar-refractivity contribution in [2.24, 2.45) is 7.05 Å². The highest BCUT2D eigenvalue weighted by atomic mass is 32.2. The standard InChI is InChI=1S/C11H16N4O2S2/c1-7-4-10(8(2)18-7)19(16,17)14-6-9-5-13-15(3)11(9)12/h4-5,14H,6,12H2,1-3H3. The lowest BCUT2D eigenvalue weighted by Crippen LogP contribution is -2.23. The van der Waals surface area contributed by atoms with Gasteiger partial charge in [-0.3, -0.25) is 4.68 Å². The van der Waals surface area contributed by atoms with E-state index in [-0.39, 0.29) is 6.54 Å². The lowest BCUT2D eigenvalue weighted by Gasteiger charge is -2.05. The average molecular weight is 300 g/mol. The number of anilines is 1. The molecule has 0 aromatic carbocycles. The van der Waals surface area contributed by atoms with Crippen LogP contribution in [0.25, 0.3) is 0 Å². The molecule has 0 radical (unpaired) electrons. The van der Waals surface area contributed by atoms with Crippen molar-refractivity contribution >= 4 is 27.2 Å². The topological polar surface area (TPSA) is 90.0 Å². The van der Waals surface area contributed by atoms with Gasteiger partial charge in [0.1, 0.15) is 5.82 Å². The molecule has 0 unspecified atom stereocenters. The molecule has 2 rings (SSSR count). The third-order valence-corrected chi connectivity index (χ3v) is 5.42. The third kappa shape index (κ3) is 2.80. The van der Waals surface area contributed by atoms with Crippen molar-refractivity contribution in [1.82, 2.24) is 14.5 Å². The van der Waals surface area contributed by atoms with Crippen LogP contribution in [0.4, 0.5) is 5.82 Å². The number of aryl methyl sites for hydroxylation is 3. The fourth-order valence-electron chi connectivity index (χ4n) is 1.75. The van der Waals surface area contributed by atoms with Crippen LogP contribution in [0.1, 0.15) is 15.3 Å². The predicted octanol–water partition coefficient (Wildman–Crippen LogP) is 1.16. The van der Waals surface area contributed by atoms with Crippen molar-refractivity contribution in [3.05, 3.63) is 27.6 Å². The van der Waals surface area contributed by atoms with Gasteiger partial charge in [0, 0.05) is 28.9 Å². The molecule has 19 heavy (non-hydrogen) atoms. The largest absolute Gasteiger partial charge is 0.384 e. The molecule has 0 aliphatic rings. The van der Waals surface area contributed by atoms with E-state index in [0.717, 1.165) is 9.75 Å². The summed E-state index contributed by atoms with van der Waals surface area (Å²) < 4.78 is 28.4. The van der Waals surface area contributed by atoms with Gasteiger partial charge in [-0.1, -0.05) is 0 Å². The first-order valence-corrected chi connectivity index (χ1v) is 7.94. The van der Waals surface area contributed by atoms with Gasteiger partial charge in [-0.2, -0.15) is 5.10 Å². The summed E-state index contributed by atoms with van der Waals surface area (Å²) in [4.78, 5) is 2.08. The van der Waals surface area contributed by atoms with Crippen molar-refractivity contribution in [2.45, 2.75) is 25.3 Å². The number of sulfonamides is 1. The SMILES string of the molecule is Cc1cc(S(=O)(=O)NCc2cnn(C)c2N)c(C)s1. The van der Waals surface area contributed by atoms with E-state index >= 15 is 0 Å². The molecule has 0 aliphatic heterocycles. The Bertz CT molecular complexity index is 700. The van der Waals surface area contributed by atoms with E-state index in [2.05, 4.69) is 9.82 Å². The molecular formula is C11H16N4O2S2. The number of nitrogen functional groups attached to an aromatic ring is 1. The van der Waals surface area contributed by atoms with Gasteiger partial charge >= 0.3 is 0 Å². The van der Waals surface area contributed by atoms with Crippen LogP contribution in [0, 0.1) is 13.8 Å². The molecule has 0 spiro atoms. The Morgan fingerprint density at radius 2 is 2.16 bits per heavy atom. The molecule has 2 aromatic heterocycles. The maximum Gasteiger partial charge on any atom is 0.241 e. The highest BCUT2D eigenvalue weighted by Crippen LogP contribution is 2.25. The normalized spacial score (nSPS) is 11.9. The zero-order valence-corrected chi connectivity index (χ0v) is 12.6. The third-order valence-electron chi connectivity index (χ3n) is 2.80. The summed E-state index contributed by atoms with van der Waals surface area (Å²) in [6.07, 6.45) is 1.56. The van der Waals surface area contributed by atoms with Crippen LogP contribution in [0.2, 0.25) is 0 Å². The van der Waals surface area contributed by atoms with E-state index in [4.69, 9.17) is 5.73 Å². The number of hydrogen-bond donors (Lipinski definition) is 2. The molecule has 0 bridgehead atoms. The second-order valence-corrected chi connectivity index (χ2v) is 7.48. The van der Waals surface area contributed by atoms with Gasteiger partial charge in [-0.15, -0.1) is 11.3 Å². The Labute approximate surface area is 116 Å². The summed E-state index contributed by atoms with van der Waals surface area (Å²) in [5, 5.41) is 3.97. The van der Waals surface area contributed by atoms with Gasteiger partial charge < -0.3 is 5.73 Å². The van der Waals surface area contributed by atoms with E-state index in [1.807, 2.05) is 6.92 Å². The summed E-state index contributed by atoms with van der Waals surface area (Å²) in [6, 6.07) is 1.68. The van der Waals surface area contributed by atoms with Crippen molar-refractivity contribution in [1.29, 1.82) is 0 Å². The van der Waals surface area contributed by atoms with Gasteiger partial charge in [-0.25, -0.2) is 13.1 Å². The fourth-order valence-corrected chi connectivity index (χ4v) is 4.31. The number of thiophene rings is 1. The summed E-state index contributed by atoms with van der Waals surface area (Å²) in [6.45, 7) is 3.82. The highest BCUT2D eigenvalue weighted by molar-refractivity contribution is 7.89. The first-order chi connectivity index (χ1) is 8.81. The van der Waals surface area contributed by atoms with E-state index in [0.29, 0.717) is 16.3 Å². The number of aromatic nitrogens is 2. The van der Waals surface area contributed by atoms with Crippen LogP contribution in [0.15, 0.2) is 17.2 Å². The van der Waals surface area contributed by atoms with Crippen molar-refractivity contribution < 1.29 is 8.42 Å². The van der Waals surface area contributed by atoms with Gasteiger partial charge in [0.2, 0.25) is 10.0 Å². The minimum Gasteiger partial charge on any atom is -0.384 e. The number of nitrogens with one attached hydrogen (secondary N) is 1. The van der Waals surface area contributed by atoms with E-state index < -0.39 is 10.0 Å². The molecular weight excluding hydrogens is 284 g/mol. The summed E-state index contributed by atoms with van der Waals surface area (Å²) >= 11 is 1.46. The second-order valence-electron chi connectivity index (χ2n) is 4.28. The van der Waals surface area contributed by atoms with Gasteiger partial charge in [-0.05, 0) is 19.9 Å². The molecule has 2 heterocycles. The Balaban J connectivity index is 2.19. The minimum absolute atomic E-state index is 0.135. The molecule has 0 atom stereocenters.